The van der Waals surface area contributed by atoms with Gasteiger partial charge in [0, 0.05) is 49.8 Å². The zero-order valence-corrected chi connectivity index (χ0v) is 22.0. The van der Waals surface area contributed by atoms with Crippen LogP contribution in [0.2, 0.25) is 0 Å². The van der Waals surface area contributed by atoms with E-state index in [2.05, 4.69) is 31.8 Å². The predicted octanol–water partition coefficient (Wildman–Crippen LogP) is 5.19. The van der Waals surface area contributed by atoms with Gasteiger partial charge in [-0.25, -0.2) is 9.18 Å². The monoisotopic (exact) mass is 519 g/mol. The van der Waals surface area contributed by atoms with Gasteiger partial charge in [-0.2, -0.15) is 0 Å². The average molecular weight is 520 g/mol. The van der Waals surface area contributed by atoms with Crippen LogP contribution in [0.1, 0.15) is 24.2 Å². The van der Waals surface area contributed by atoms with Gasteiger partial charge >= 0.3 is 6.03 Å². The van der Waals surface area contributed by atoms with E-state index in [-0.39, 0.29) is 5.91 Å². The fourth-order valence-corrected chi connectivity index (χ4v) is 4.40. The maximum atomic E-state index is 13.5. The van der Waals surface area contributed by atoms with Crippen LogP contribution in [-0.4, -0.2) is 51.8 Å². The predicted molar refractivity (Wildman–Crippen MR) is 150 cm³/mol. The van der Waals surface area contributed by atoms with Gasteiger partial charge < -0.3 is 30.5 Å². The molecular formula is C29H34FN5O3. The van der Waals surface area contributed by atoms with Crippen molar-refractivity contribution in [2.75, 3.05) is 60.3 Å². The summed E-state index contributed by atoms with van der Waals surface area (Å²) in [6.45, 7) is 7.58. The van der Waals surface area contributed by atoms with Gasteiger partial charge in [-0.3, -0.25) is 4.79 Å². The number of hydrogen-bond donors (Lipinski definition) is 3. The fraction of sp³-hybridized carbons (Fsp3) is 0.310. The van der Waals surface area contributed by atoms with Gasteiger partial charge in [0.2, 0.25) is 0 Å². The molecule has 9 heteroatoms. The SMILES string of the molecule is COc1ccccc1N1CCN(c2ccc(NC(=O)Nc3cccc(F)c3)cc2C(=O)NCC(C)C)CC1. The average Bonchev–Trinajstić information content (AvgIpc) is 2.91. The highest BCUT2D eigenvalue weighted by Crippen LogP contribution is 2.31. The van der Waals surface area contributed by atoms with Crippen molar-refractivity contribution in [2.45, 2.75) is 13.8 Å². The standard InChI is InChI=1S/C29H34FN5O3/c1-20(2)19-31-28(36)24-18-23(33-29(37)32-22-8-6-7-21(30)17-22)11-12-25(24)34-13-15-35(16-14-34)26-9-4-5-10-27(26)38-3/h4-12,17-18,20H,13-16,19H2,1-3H3,(H,31,36)(H2,32,33,37). The summed E-state index contributed by atoms with van der Waals surface area (Å²) in [7, 11) is 1.67. The number of urea groups is 1. The van der Waals surface area contributed by atoms with E-state index in [1.165, 1.54) is 18.2 Å². The Kier molecular flexibility index (Phi) is 8.68. The molecule has 200 valence electrons. The molecule has 1 saturated heterocycles. The first-order valence-electron chi connectivity index (χ1n) is 12.7. The van der Waals surface area contributed by atoms with Crippen molar-refractivity contribution in [1.29, 1.82) is 0 Å². The van der Waals surface area contributed by atoms with Gasteiger partial charge in [-0.15, -0.1) is 0 Å². The third kappa shape index (κ3) is 6.73. The molecule has 1 fully saturated rings. The summed E-state index contributed by atoms with van der Waals surface area (Å²) in [5, 5.41) is 8.35. The second-order valence-electron chi connectivity index (χ2n) is 9.57. The minimum atomic E-state index is -0.526. The highest BCUT2D eigenvalue weighted by Gasteiger charge is 2.24. The molecule has 0 bridgehead atoms. The molecule has 4 rings (SSSR count). The first-order valence-corrected chi connectivity index (χ1v) is 12.7. The Morgan fingerprint density at radius 2 is 1.53 bits per heavy atom. The zero-order chi connectivity index (χ0) is 27.1. The van der Waals surface area contributed by atoms with Gasteiger partial charge in [0.1, 0.15) is 11.6 Å². The van der Waals surface area contributed by atoms with Crippen LogP contribution in [0.4, 0.5) is 31.9 Å². The van der Waals surface area contributed by atoms with Crippen LogP contribution >= 0.6 is 0 Å². The number of nitrogens with zero attached hydrogens (tertiary/aromatic N) is 2. The molecule has 3 N–H and O–H groups in total. The lowest BCUT2D eigenvalue weighted by molar-refractivity contribution is 0.0949. The molecule has 1 aliphatic heterocycles. The molecule has 0 radical (unpaired) electrons. The number of hydrogen-bond acceptors (Lipinski definition) is 5. The highest BCUT2D eigenvalue weighted by molar-refractivity contribution is 6.04. The number of amides is 3. The Balaban J connectivity index is 1.51. The number of ether oxygens (including phenoxy) is 1. The molecule has 0 saturated carbocycles. The van der Waals surface area contributed by atoms with Crippen LogP contribution in [0.3, 0.4) is 0 Å². The summed E-state index contributed by atoms with van der Waals surface area (Å²) in [4.78, 5) is 30.2. The smallest absolute Gasteiger partial charge is 0.323 e. The van der Waals surface area contributed by atoms with Crippen LogP contribution in [0.5, 0.6) is 5.75 Å². The molecule has 3 aromatic rings. The maximum Gasteiger partial charge on any atom is 0.323 e. The second kappa shape index (κ2) is 12.3. The van der Waals surface area contributed by atoms with Crippen LogP contribution in [-0.2, 0) is 0 Å². The van der Waals surface area contributed by atoms with Crippen LogP contribution < -0.4 is 30.5 Å². The molecule has 3 aromatic carbocycles. The number of piperazine rings is 1. The Labute approximate surface area is 222 Å². The Bertz CT molecular complexity index is 1270. The van der Waals surface area contributed by atoms with Gasteiger partial charge in [0.15, 0.2) is 0 Å². The molecule has 0 spiro atoms. The van der Waals surface area contributed by atoms with Crippen LogP contribution in [0.15, 0.2) is 66.7 Å². The number of benzene rings is 3. The maximum absolute atomic E-state index is 13.5. The third-order valence-electron chi connectivity index (χ3n) is 6.30. The molecule has 1 aliphatic rings. The quantitative estimate of drug-likeness (QED) is 0.381. The molecular weight excluding hydrogens is 485 g/mol. The molecule has 8 nitrogen and oxygen atoms in total. The molecule has 0 aliphatic carbocycles. The van der Waals surface area contributed by atoms with Crippen molar-refractivity contribution >= 4 is 34.7 Å². The summed E-state index contributed by atoms with van der Waals surface area (Å²) in [5.41, 5.74) is 3.14. The number of anilines is 4. The van der Waals surface area contributed by atoms with E-state index >= 15 is 0 Å². The van der Waals surface area contributed by atoms with Crippen molar-refractivity contribution in [1.82, 2.24) is 5.32 Å². The Hall–Kier alpha value is -4.27. The molecule has 3 amide bonds. The minimum absolute atomic E-state index is 0.199. The van der Waals surface area contributed by atoms with Crippen molar-refractivity contribution in [2.24, 2.45) is 5.92 Å². The number of carbonyl (C=O) groups excluding carboxylic acids is 2. The van der Waals surface area contributed by atoms with Crippen LogP contribution in [0, 0.1) is 11.7 Å². The lowest BCUT2D eigenvalue weighted by Gasteiger charge is -2.38. The molecule has 1 heterocycles. The first kappa shape index (κ1) is 26.8. The zero-order valence-electron chi connectivity index (χ0n) is 22.0. The van der Waals surface area contributed by atoms with Gasteiger partial charge in [-0.1, -0.05) is 32.0 Å². The number of carbonyl (C=O) groups is 2. The highest BCUT2D eigenvalue weighted by atomic mass is 19.1. The second-order valence-corrected chi connectivity index (χ2v) is 9.57. The van der Waals surface area contributed by atoms with Crippen molar-refractivity contribution in [3.63, 3.8) is 0 Å². The van der Waals surface area contributed by atoms with E-state index < -0.39 is 11.8 Å². The first-order chi connectivity index (χ1) is 18.3. The molecule has 0 unspecified atom stereocenters. The summed E-state index contributed by atoms with van der Waals surface area (Å²) in [6, 6.07) is 18.4. The summed E-state index contributed by atoms with van der Waals surface area (Å²) in [6.07, 6.45) is 0. The number of methoxy groups -OCH3 is 1. The lowest BCUT2D eigenvalue weighted by Crippen LogP contribution is -2.47. The van der Waals surface area contributed by atoms with E-state index in [4.69, 9.17) is 4.74 Å². The topological polar surface area (TPSA) is 85.9 Å². The van der Waals surface area contributed by atoms with Gasteiger partial charge in [-0.05, 0) is 54.4 Å². The van der Waals surface area contributed by atoms with Gasteiger partial charge in [0.05, 0.1) is 18.4 Å². The molecule has 0 aromatic heterocycles. The summed E-state index contributed by atoms with van der Waals surface area (Å²) >= 11 is 0. The third-order valence-corrected chi connectivity index (χ3v) is 6.30. The van der Waals surface area contributed by atoms with E-state index in [0.717, 1.165) is 43.3 Å². The van der Waals surface area contributed by atoms with Crippen LogP contribution in [0.25, 0.3) is 0 Å². The van der Waals surface area contributed by atoms with Crippen molar-refractivity contribution < 1.29 is 18.7 Å². The van der Waals surface area contributed by atoms with E-state index in [0.29, 0.717) is 29.4 Å². The number of nitrogens with one attached hydrogen (secondary N) is 3. The normalized spacial score (nSPS) is 13.3. The molecule has 38 heavy (non-hydrogen) atoms. The van der Waals surface area contributed by atoms with Crippen molar-refractivity contribution in [3.05, 3.63) is 78.1 Å². The van der Waals surface area contributed by atoms with Gasteiger partial charge in [0.25, 0.3) is 5.91 Å². The molecule has 0 atom stereocenters. The van der Waals surface area contributed by atoms with E-state index in [1.54, 1.807) is 25.3 Å². The van der Waals surface area contributed by atoms with E-state index in [9.17, 15) is 14.0 Å². The van der Waals surface area contributed by atoms with Crippen molar-refractivity contribution in [3.8, 4) is 5.75 Å². The number of halogens is 1. The number of rotatable bonds is 8. The summed E-state index contributed by atoms with van der Waals surface area (Å²) in [5.74, 6) is 0.490. The minimum Gasteiger partial charge on any atom is -0.495 e. The largest absolute Gasteiger partial charge is 0.495 e. The Morgan fingerprint density at radius 3 is 2.18 bits per heavy atom. The summed E-state index contributed by atoms with van der Waals surface area (Å²) < 4.78 is 19.0. The van der Waals surface area contributed by atoms with E-state index in [1.807, 2.05) is 38.1 Å². The Morgan fingerprint density at radius 1 is 0.868 bits per heavy atom. The number of para-hydroxylation sites is 2. The lowest BCUT2D eigenvalue weighted by atomic mass is 10.1. The fourth-order valence-electron chi connectivity index (χ4n) is 4.40.